The Bertz CT molecular complexity index is 278. The van der Waals surface area contributed by atoms with E-state index < -0.39 is 0 Å². The second-order valence-electron chi connectivity index (χ2n) is 6.16. The predicted molar refractivity (Wildman–Crippen MR) is 65.2 cm³/mol. The molecule has 0 spiro atoms. The first-order chi connectivity index (χ1) is 7.32. The number of Topliss-reactive ketones (excluding diaryl/α,β-unsaturated/α-hetero) is 2. The Balaban J connectivity index is 2.50. The zero-order valence-corrected chi connectivity index (χ0v) is 11.0. The molecular formula is C14H24O2. The van der Waals surface area contributed by atoms with Crippen LogP contribution in [0.1, 0.15) is 59.8 Å². The number of carbonyl (C=O) groups excluding carboxylic acids is 2. The molecule has 16 heavy (non-hydrogen) atoms. The van der Waals surface area contributed by atoms with Gasteiger partial charge in [0.1, 0.15) is 11.6 Å². The Morgan fingerprint density at radius 3 is 2.50 bits per heavy atom. The normalized spacial score (nSPS) is 26.1. The molecule has 0 aromatic carbocycles. The van der Waals surface area contributed by atoms with Gasteiger partial charge >= 0.3 is 0 Å². The van der Waals surface area contributed by atoms with E-state index in [4.69, 9.17) is 0 Å². The lowest BCUT2D eigenvalue weighted by atomic mass is 9.76. The Kier molecular flexibility index (Phi) is 4.28. The number of rotatable bonds is 5. The van der Waals surface area contributed by atoms with Gasteiger partial charge < -0.3 is 4.79 Å². The lowest BCUT2D eigenvalue weighted by Gasteiger charge is -2.28. The fraction of sp³-hybridized carbons (Fsp3) is 0.857. The van der Waals surface area contributed by atoms with Crippen molar-refractivity contribution in [3.63, 3.8) is 0 Å². The van der Waals surface area contributed by atoms with Gasteiger partial charge in [-0.05, 0) is 37.5 Å². The molecule has 1 aliphatic rings. The minimum atomic E-state index is 0.116. The smallest absolute Gasteiger partial charge is 0.136 e. The number of carbonyl (C=O) groups is 2. The summed E-state index contributed by atoms with van der Waals surface area (Å²) in [7, 11) is 0. The van der Waals surface area contributed by atoms with E-state index in [1.54, 1.807) is 6.92 Å². The molecule has 0 aliphatic heterocycles. The van der Waals surface area contributed by atoms with Crippen molar-refractivity contribution in [2.45, 2.75) is 59.8 Å². The second-order valence-corrected chi connectivity index (χ2v) is 6.16. The first-order valence-electron chi connectivity index (χ1n) is 6.34. The predicted octanol–water partition coefficient (Wildman–Crippen LogP) is 3.39. The Hall–Kier alpha value is -0.660. The van der Waals surface area contributed by atoms with Gasteiger partial charge in [0.25, 0.3) is 0 Å². The zero-order valence-electron chi connectivity index (χ0n) is 11.0. The van der Waals surface area contributed by atoms with Crippen LogP contribution in [0.3, 0.4) is 0 Å². The minimum absolute atomic E-state index is 0.116. The van der Waals surface area contributed by atoms with Crippen LogP contribution in [0.15, 0.2) is 0 Å². The van der Waals surface area contributed by atoms with Crippen molar-refractivity contribution >= 4 is 11.6 Å². The fourth-order valence-electron chi connectivity index (χ4n) is 2.60. The summed E-state index contributed by atoms with van der Waals surface area (Å²) >= 11 is 0. The number of hydrogen-bond acceptors (Lipinski definition) is 2. The standard InChI is InChI=1S/C14H24O2/c1-10-5-6-13(16)12(10)9-14(3,4)8-7-11(2)15/h10,12H,5-9H2,1-4H3/t10-,12+/m0/s1. The molecule has 0 radical (unpaired) electrons. The maximum Gasteiger partial charge on any atom is 0.136 e. The topological polar surface area (TPSA) is 34.1 Å². The van der Waals surface area contributed by atoms with E-state index in [0.717, 1.165) is 25.7 Å². The molecule has 0 aromatic rings. The van der Waals surface area contributed by atoms with Gasteiger partial charge in [0.2, 0.25) is 0 Å². The summed E-state index contributed by atoms with van der Waals surface area (Å²) in [5.41, 5.74) is 0.116. The summed E-state index contributed by atoms with van der Waals surface area (Å²) in [6, 6.07) is 0. The fourth-order valence-corrected chi connectivity index (χ4v) is 2.60. The molecule has 1 aliphatic carbocycles. The molecule has 2 nitrogen and oxygen atoms in total. The Morgan fingerprint density at radius 2 is 2.06 bits per heavy atom. The lowest BCUT2D eigenvalue weighted by molar-refractivity contribution is -0.122. The molecule has 0 saturated heterocycles. The molecule has 0 heterocycles. The van der Waals surface area contributed by atoms with Crippen molar-refractivity contribution in [3.8, 4) is 0 Å². The van der Waals surface area contributed by atoms with E-state index in [1.807, 2.05) is 0 Å². The van der Waals surface area contributed by atoms with Gasteiger partial charge in [-0.3, -0.25) is 4.79 Å². The average molecular weight is 224 g/mol. The highest BCUT2D eigenvalue weighted by Crippen LogP contribution is 2.39. The molecular weight excluding hydrogens is 200 g/mol. The molecule has 1 saturated carbocycles. The number of ketones is 2. The minimum Gasteiger partial charge on any atom is -0.300 e. The summed E-state index contributed by atoms with van der Waals surface area (Å²) in [6.45, 7) is 8.17. The molecule has 1 rings (SSSR count). The van der Waals surface area contributed by atoms with Gasteiger partial charge in [0.05, 0.1) is 0 Å². The van der Waals surface area contributed by atoms with E-state index in [2.05, 4.69) is 20.8 Å². The SMILES string of the molecule is CC(=O)CCC(C)(C)C[C@H]1C(=O)CC[C@@H]1C. The van der Waals surface area contributed by atoms with Crippen molar-refractivity contribution in [1.82, 2.24) is 0 Å². The molecule has 0 N–H and O–H groups in total. The molecule has 1 fully saturated rings. The summed E-state index contributed by atoms with van der Waals surface area (Å²) in [6.07, 6.45) is 4.29. The van der Waals surface area contributed by atoms with E-state index >= 15 is 0 Å². The van der Waals surface area contributed by atoms with Crippen LogP contribution in [0.2, 0.25) is 0 Å². The van der Waals surface area contributed by atoms with Crippen molar-refractivity contribution in [2.24, 2.45) is 17.3 Å². The van der Waals surface area contributed by atoms with Gasteiger partial charge in [-0.1, -0.05) is 20.8 Å². The molecule has 0 aromatic heterocycles. The van der Waals surface area contributed by atoms with Gasteiger partial charge in [-0.2, -0.15) is 0 Å². The van der Waals surface area contributed by atoms with Crippen molar-refractivity contribution in [2.75, 3.05) is 0 Å². The van der Waals surface area contributed by atoms with Crippen LogP contribution in [0.5, 0.6) is 0 Å². The molecule has 0 unspecified atom stereocenters. The van der Waals surface area contributed by atoms with E-state index in [9.17, 15) is 9.59 Å². The summed E-state index contributed by atoms with van der Waals surface area (Å²) in [5, 5.41) is 0. The van der Waals surface area contributed by atoms with Gasteiger partial charge in [0.15, 0.2) is 0 Å². The third-order valence-electron chi connectivity index (χ3n) is 3.87. The molecule has 2 atom stereocenters. The second kappa shape index (κ2) is 5.11. The summed E-state index contributed by atoms with van der Waals surface area (Å²) in [4.78, 5) is 22.7. The third-order valence-corrected chi connectivity index (χ3v) is 3.87. The highest BCUT2D eigenvalue weighted by molar-refractivity contribution is 5.83. The summed E-state index contributed by atoms with van der Waals surface area (Å²) < 4.78 is 0. The van der Waals surface area contributed by atoms with Gasteiger partial charge in [0, 0.05) is 18.8 Å². The first kappa shape index (κ1) is 13.4. The first-order valence-corrected chi connectivity index (χ1v) is 6.34. The third kappa shape index (κ3) is 3.73. The largest absolute Gasteiger partial charge is 0.300 e. The quantitative estimate of drug-likeness (QED) is 0.717. The van der Waals surface area contributed by atoms with Crippen molar-refractivity contribution in [3.05, 3.63) is 0 Å². The maximum absolute atomic E-state index is 11.7. The summed E-state index contributed by atoms with van der Waals surface area (Å²) in [5.74, 6) is 1.45. The van der Waals surface area contributed by atoms with E-state index in [1.165, 1.54) is 0 Å². The highest BCUT2D eigenvalue weighted by Gasteiger charge is 2.35. The average Bonchev–Trinajstić information content (AvgIpc) is 2.46. The van der Waals surface area contributed by atoms with Crippen LogP contribution in [-0.4, -0.2) is 11.6 Å². The maximum atomic E-state index is 11.7. The van der Waals surface area contributed by atoms with Crippen LogP contribution in [0.4, 0.5) is 0 Å². The van der Waals surface area contributed by atoms with E-state index in [-0.39, 0.29) is 17.1 Å². The van der Waals surface area contributed by atoms with Crippen LogP contribution >= 0.6 is 0 Å². The van der Waals surface area contributed by atoms with Crippen LogP contribution in [0, 0.1) is 17.3 Å². The zero-order chi connectivity index (χ0) is 12.3. The Morgan fingerprint density at radius 1 is 1.44 bits per heavy atom. The molecule has 0 amide bonds. The Labute approximate surface area is 98.8 Å². The van der Waals surface area contributed by atoms with Crippen molar-refractivity contribution in [1.29, 1.82) is 0 Å². The van der Waals surface area contributed by atoms with Crippen LogP contribution in [-0.2, 0) is 9.59 Å². The highest BCUT2D eigenvalue weighted by atomic mass is 16.1. The van der Waals surface area contributed by atoms with Crippen LogP contribution < -0.4 is 0 Å². The molecule has 2 heteroatoms. The molecule has 92 valence electrons. The monoisotopic (exact) mass is 224 g/mol. The lowest BCUT2D eigenvalue weighted by Crippen LogP contribution is -2.23. The van der Waals surface area contributed by atoms with Gasteiger partial charge in [-0.25, -0.2) is 0 Å². The van der Waals surface area contributed by atoms with Gasteiger partial charge in [-0.15, -0.1) is 0 Å². The van der Waals surface area contributed by atoms with Crippen LogP contribution in [0.25, 0.3) is 0 Å². The van der Waals surface area contributed by atoms with Crippen molar-refractivity contribution < 1.29 is 9.59 Å². The molecule has 0 bridgehead atoms. The number of hydrogen-bond donors (Lipinski definition) is 0. The van der Waals surface area contributed by atoms with E-state index in [0.29, 0.717) is 18.1 Å².